The minimum atomic E-state index is -1.38. The lowest BCUT2D eigenvalue weighted by molar-refractivity contribution is -0.230. The summed E-state index contributed by atoms with van der Waals surface area (Å²) in [6, 6.07) is 0. The molecule has 166 valence electrons. The average Bonchev–Trinajstić information content (AvgIpc) is 3.10. The Labute approximate surface area is 178 Å². The van der Waals surface area contributed by atoms with Gasteiger partial charge in [-0.2, -0.15) is 0 Å². The third-order valence-corrected chi connectivity index (χ3v) is 10.5. The highest BCUT2D eigenvalue weighted by Crippen LogP contribution is 2.85. The predicted molar refractivity (Wildman–Crippen MR) is 107 cm³/mol. The summed E-state index contributed by atoms with van der Waals surface area (Å²) in [5.41, 5.74) is -0.642. The maximum absolute atomic E-state index is 12.9. The average molecular weight is 419 g/mol. The van der Waals surface area contributed by atoms with Gasteiger partial charge in [-0.3, -0.25) is 14.4 Å². The monoisotopic (exact) mass is 418 g/mol. The van der Waals surface area contributed by atoms with Gasteiger partial charge in [0.1, 0.15) is 18.1 Å². The molecule has 0 aromatic rings. The summed E-state index contributed by atoms with van der Waals surface area (Å²) in [4.78, 5) is 36.4. The van der Waals surface area contributed by atoms with E-state index in [0.29, 0.717) is 23.2 Å². The molecule has 6 saturated carbocycles. The summed E-state index contributed by atoms with van der Waals surface area (Å²) in [5, 5.41) is 10.5. The third-order valence-electron chi connectivity index (χ3n) is 10.5. The number of hydrogen-bond acceptors (Lipinski definition) is 5. The van der Waals surface area contributed by atoms with Gasteiger partial charge in [0.05, 0.1) is 0 Å². The van der Waals surface area contributed by atoms with Crippen molar-refractivity contribution >= 4 is 17.9 Å². The highest BCUT2D eigenvalue weighted by Gasteiger charge is 2.79. The second-order valence-corrected chi connectivity index (χ2v) is 11.6. The molecule has 0 saturated heterocycles. The summed E-state index contributed by atoms with van der Waals surface area (Å²) < 4.78 is 11.0. The normalized spacial score (nSPS) is 52.6. The standard InChI is InChI=1S/C24H34O6/c1-13(25)29-12-24(20(27)28)17-5-8-23-10-16-15(22(16,4)11-23)9-18(23)21(17,3)7-6-19(24)30-14(2)26/h15-19H,5-12H2,1-4H3,(H,27,28)/t15-,16+,17?,18+,19-,21-,22+,23+,24+/m1/s1. The molecule has 6 aliphatic carbocycles. The maximum atomic E-state index is 12.9. The number of hydrogen-bond donors (Lipinski definition) is 1. The lowest BCUT2D eigenvalue weighted by Gasteiger charge is -2.66. The van der Waals surface area contributed by atoms with Crippen molar-refractivity contribution < 1.29 is 29.0 Å². The Balaban J connectivity index is 1.55. The van der Waals surface area contributed by atoms with E-state index in [0.717, 1.165) is 31.1 Å². The number of fused-ring (bicyclic) bond motifs is 1. The number of carbonyl (C=O) groups excluding carboxylic acids is 2. The van der Waals surface area contributed by atoms with E-state index in [-0.39, 0.29) is 17.9 Å². The highest BCUT2D eigenvalue weighted by molar-refractivity contribution is 5.78. The van der Waals surface area contributed by atoms with E-state index in [9.17, 15) is 19.5 Å². The van der Waals surface area contributed by atoms with Crippen molar-refractivity contribution in [2.24, 2.45) is 45.3 Å². The Morgan fingerprint density at radius 3 is 2.27 bits per heavy atom. The fourth-order valence-corrected chi connectivity index (χ4v) is 9.46. The zero-order valence-electron chi connectivity index (χ0n) is 18.5. The van der Waals surface area contributed by atoms with Crippen LogP contribution in [0, 0.1) is 45.3 Å². The van der Waals surface area contributed by atoms with Crippen molar-refractivity contribution in [3.63, 3.8) is 0 Å². The van der Waals surface area contributed by atoms with Crippen LogP contribution in [-0.2, 0) is 23.9 Å². The van der Waals surface area contributed by atoms with E-state index >= 15 is 0 Å². The molecular weight excluding hydrogens is 384 g/mol. The molecule has 0 aromatic carbocycles. The van der Waals surface area contributed by atoms with Crippen LogP contribution in [0.4, 0.5) is 0 Å². The Bertz CT molecular complexity index is 823. The Morgan fingerprint density at radius 1 is 0.967 bits per heavy atom. The van der Waals surface area contributed by atoms with E-state index < -0.39 is 29.4 Å². The van der Waals surface area contributed by atoms with Crippen LogP contribution in [-0.4, -0.2) is 35.7 Å². The third kappa shape index (κ3) is 2.34. The van der Waals surface area contributed by atoms with Gasteiger partial charge in [0.2, 0.25) is 0 Å². The number of carbonyl (C=O) groups is 3. The Kier molecular flexibility index (Phi) is 4.07. The molecule has 1 N–H and O–H groups in total. The van der Waals surface area contributed by atoms with Gasteiger partial charge in [0, 0.05) is 13.8 Å². The molecule has 1 unspecified atom stereocenters. The first-order valence-electron chi connectivity index (χ1n) is 11.5. The van der Waals surface area contributed by atoms with Crippen molar-refractivity contribution in [3.05, 3.63) is 0 Å². The first-order valence-corrected chi connectivity index (χ1v) is 11.5. The zero-order chi connectivity index (χ0) is 21.7. The smallest absolute Gasteiger partial charge is 0.317 e. The van der Waals surface area contributed by atoms with Crippen LogP contribution in [0.1, 0.15) is 72.6 Å². The number of carboxylic acid groups (broad SMARTS) is 1. The topological polar surface area (TPSA) is 89.9 Å². The molecule has 9 atom stereocenters. The summed E-state index contributed by atoms with van der Waals surface area (Å²) in [5.74, 6) is 0.0334. The molecule has 1 spiro atoms. The molecule has 4 bridgehead atoms. The van der Waals surface area contributed by atoms with Crippen LogP contribution < -0.4 is 0 Å². The van der Waals surface area contributed by atoms with Gasteiger partial charge in [-0.25, -0.2) is 0 Å². The number of esters is 2. The van der Waals surface area contributed by atoms with Crippen molar-refractivity contribution in [1.82, 2.24) is 0 Å². The van der Waals surface area contributed by atoms with E-state index in [1.54, 1.807) is 0 Å². The van der Waals surface area contributed by atoms with Crippen LogP contribution in [0.25, 0.3) is 0 Å². The van der Waals surface area contributed by atoms with Crippen LogP contribution in [0.2, 0.25) is 0 Å². The van der Waals surface area contributed by atoms with Gasteiger partial charge in [0.25, 0.3) is 0 Å². The SMILES string of the molecule is CC(=O)OC[C@]1(C(=O)O)C2CC[C@@]34C[C@H]5[C@@H](C[C@H]3[C@]2(C)CC[C@H]1OC(C)=O)[C@]5(C)C4. The van der Waals surface area contributed by atoms with E-state index in [2.05, 4.69) is 13.8 Å². The molecule has 30 heavy (non-hydrogen) atoms. The summed E-state index contributed by atoms with van der Waals surface area (Å²) in [6.45, 7) is 7.15. The zero-order valence-corrected chi connectivity index (χ0v) is 18.5. The van der Waals surface area contributed by atoms with Gasteiger partial charge in [-0.1, -0.05) is 13.8 Å². The predicted octanol–water partition coefficient (Wildman–Crippen LogP) is 3.81. The van der Waals surface area contributed by atoms with E-state index in [4.69, 9.17) is 9.47 Å². The lowest BCUT2D eigenvalue weighted by Crippen LogP contribution is -2.66. The van der Waals surface area contributed by atoms with Gasteiger partial charge < -0.3 is 14.6 Å². The molecule has 6 fully saturated rings. The van der Waals surface area contributed by atoms with Crippen LogP contribution in [0.15, 0.2) is 0 Å². The van der Waals surface area contributed by atoms with Gasteiger partial charge in [-0.05, 0) is 84.9 Å². The van der Waals surface area contributed by atoms with Gasteiger partial charge in [-0.15, -0.1) is 0 Å². The summed E-state index contributed by atoms with van der Waals surface area (Å²) in [7, 11) is 0. The molecular formula is C24H34O6. The Hall–Kier alpha value is -1.59. The molecule has 0 aliphatic heterocycles. The van der Waals surface area contributed by atoms with E-state index in [1.165, 1.54) is 33.1 Å². The molecule has 0 amide bonds. The van der Waals surface area contributed by atoms with Crippen molar-refractivity contribution in [2.75, 3.05) is 6.61 Å². The number of ether oxygens (including phenoxy) is 2. The quantitative estimate of drug-likeness (QED) is 0.698. The second kappa shape index (κ2) is 6.01. The number of carboxylic acids is 1. The number of rotatable bonds is 4. The molecule has 6 aliphatic rings. The van der Waals surface area contributed by atoms with Crippen molar-refractivity contribution in [3.8, 4) is 0 Å². The fraction of sp³-hybridized carbons (Fsp3) is 0.875. The van der Waals surface area contributed by atoms with Gasteiger partial charge >= 0.3 is 17.9 Å². The highest BCUT2D eigenvalue weighted by atomic mass is 16.6. The molecule has 6 nitrogen and oxygen atoms in total. The van der Waals surface area contributed by atoms with E-state index in [1.807, 2.05) is 0 Å². The number of aliphatic carboxylic acids is 1. The summed E-state index contributed by atoms with van der Waals surface area (Å²) in [6.07, 6.45) is 6.25. The van der Waals surface area contributed by atoms with Crippen molar-refractivity contribution in [2.45, 2.75) is 78.7 Å². The summed E-state index contributed by atoms with van der Waals surface area (Å²) >= 11 is 0. The van der Waals surface area contributed by atoms with Crippen LogP contribution in [0.3, 0.4) is 0 Å². The molecule has 0 heterocycles. The maximum Gasteiger partial charge on any atom is 0.317 e. The fourth-order valence-electron chi connectivity index (χ4n) is 9.46. The van der Waals surface area contributed by atoms with Gasteiger partial charge in [0.15, 0.2) is 0 Å². The first kappa shape index (κ1) is 20.3. The minimum Gasteiger partial charge on any atom is -0.481 e. The minimum absolute atomic E-state index is 0.137. The van der Waals surface area contributed by atoms with Crippen LogP contribution in [0.5, 0.6) is 0 Å². The molecule has 6 rings (SSSR count). The molecule has 6 heteroatoms. The molecule has 0 aromatic heterocycles. The largest absolute Gasteiger partial charge is 0.481 e. The first-order chi connectivity index (χ1) is 14.0. The van der Waals surface area contributed by atoms with Crippen LogP contribution >= 0.6 is 0 Å². The van der Waals surface area contributed by atoms with Crippen molar-refractivity contribution in [1.29, 1.82) is 0 Å². The lowest BCUT2D eigenvalue weighted by atomic mass is 9.39. The Morgan fingerprint density at radius 2 is 1.70 bits per heavy atom. The second-order valence-electron chi connectivity index (χ2n) is 11.6. The molecule has 0 radical (unpaired) electrons.